The lowest BCUT2D eigenvalue weighted by atomic mass is 10.0. The van der Waals surface area contributed by atoms with Gasteiger partial charge in [0.15, 0.2) is 0 Å². The normalized spacial score (nSPS) is 16.3. The maximum absolute atomic E-state index is 12.8. The number of nitrogens with one attached hydrogen (secondary N) is 1. The molecule has 0 radical (unpaired) electrons. The van der Waals surface area contributed by atoms with Crippen LogP contribution in [-0.4, -0.2) is 59.2 Å². The van der Waals surface area contributed by atoms with E-state index in [4.69, 9.17) is 16.3 Å². The van der Waals surface area contributed by atoms with Gasteiger partial charge in [-0.1, -0.05) is 29.8 Å². The summed E-state index contributed by atoms with van der Waals surface area (Å²) in [7, 11) is -2.49. The van der Waals surface area contributed by atoms with Gasteiger partial charge in [-0.05, 0) is 35.9 Å². The van der Waals surface area contributed by atoms with Gasteiger partial charge in [0.25, 0.3) is 0 Å². The van der Waals surface area contributed by atoms with E-state index in [1.807, 2.05) is 18.2 Å². The fourth-order valence-electron chi connectivity index (χ4n) is 3.23. The number of rotatable bonds is 7. The van der Waals surface area contributed by atoms with E-state index < -0.39 is 16.0 Å². The minimum atomic E-state index is -3.77. The number of hydrogen-bond donors (Lipinski definition) is 1. The summed E-state index contributed by atoms with van der Waals surface area (Å²) in [6.45, 7) is 2.70. The lowest BCUT2D eigenvalue weighted by Gasteiger charge is -2.35. The van der Waals surface area contributed by atoms with Gasteiger partial charge in [-0.25, -0.2) is 17.9 Å². The molecule has 0 amide bonds. The second-order valence-corrected chi connectivity index (χ2v) is 8.73. The molecule has 29 heavy (non-hydrogen) atoms. The maximum atomic E-state index is 12.8. The van der Waals surface area contributed by atoms with Crippen molar-refractivity contribution in [1.82, 2.24) is 9.62 Å². The van der Waals surface area contributed by atoms with Gasteiger partial charge < -0.3 is 9.47 Å². The van der Waals surface area contributed by atoms with Crippen molar-refractivity contribution >= 4 is 27.6 Å². The van der Waals surface area contributed by atoms with Crippen LogP contribution in [0.2, 0.25) is 5.02 Å². The summed E-state index contributed by atoms with van der Waals surface area (Å²) < 4.78 is 38.3. The Hall–Kier alpha value is -1.97. The molecule has 2 aromatic carbocycles. The molecule has 0 spiro atoms. The predicted molar refractivity (Wildman–Crippen MR) is 110 cm³/mol. The molecule has 0 aliphatic carbocycles. The molecule has 2 aromatic rings. The zero-order chi connectivity index (χ0) is 20.9. The minimum Gasteiger partial charge on any atom is -0.465 e. The lowest BCUT2D eigenvalue weighted by Crippen LogP contribution is -2.43. The highest BCUT2D eigenvalue weighted by atomic mass is 35.5. The van der Waals surface area contributed by atoms with Crippen molar-refractivity contribution in [3.63, 3.8) is 0 Å². The van der Waals surface area contributed by atoms with E-state index in [1.165, 1.54) is 31.4 Å². The fourth-order valence-corrected chi connectivity index (χ4v) is 4.53. The average Bonchev–Trinajstić information content (AvgIpc) is 2.75. The van der Waals surface area contributed by atoms with Gasteiger partial charge in [-0.3, -0.25) is 4.90 Å². The molecule has 156 valence electrons. The van der Waals surface area contributed by atoms with E-state index in [-0.39, 0.29) is 23.0 Å². The van der Waals surface area contributed by atoms with Gasteiger partial charge in [-0.2, -0.15) is 0 Å². The van der Waals surface area contributed by atoms with E-state index >= 15 is 0 Å². The molecule has 1 aliphatic heterocycles. The number of sulfonamides is 1. The third kappa shape index (κ3) is 5.34. The van der Waals surface area contributed by atoms with Crippen molar-refractivity contribution in [2.45, 2.75) is 10.9 Å². The van der Waals surface area contributed by atoms with Gasteiger partial charge in [-0.15, -0.1) is 0 Å². The summed E-state index contributed by atoms with van der Waals surface area (Å²) in [6.07, 6.45) is 0. The molecule has 1 saturated heterocycles. The van der Waals surface area contributed by atoms with Crippen LogP contribution in [0, 0.1) is 0 Å². The number of esters is 1. The molecule has 9 heteroatoms. The smallest absolute Gasteiger partial charge is 0.337 e. The van der Waals surface area contributed by atoms with Crippen molar-refractivity contribution < 1.29 is 22.7 Å². The number of carbonyl (C=O) groups excluding carboxylic acids is 1. The van der Waals surface area contributed by atoms with Crippen molar-refractivity contribution in [2.24, 2.45) is 0 Å². The van der Waals surface area contributed by atoms with Gasteiger partial charge in [0.05, 0.1) is 30.8 Å². The highest BCUT2D eigenvalue weighted by molar-refractivity contribution is 7.89. The van der Waals surface area contributed by atoms with Crippen LogP contribution in [0.1, 0.15) is 22.0 Å². The Balaban J connectivity index is 1.79. The molecular formula is C20H23ClN2O5S. The number of nitrogens with zero attached hydrogens (tertiary/aromatic N) is 1. The number of methoxy groups -OCH3 is 1. The van der Waals surface area contributed by atoms with E-state index in [9.17, 15) is 13.2 Å². The summed E-state index contributed by atoms with van der Waals surface area (Å²) in [5.74, 6) is -0.520. The molecule has 1 N–H and O–H groups in total. The first kappa shape index (κ1) is 21.7. The van der Waals surface area contributed by atoms with Crippen LogP contribution in [-0.2, 0) is 19.5 Å². The Morgan fingerprint density at radius 3 is 2.45 bits per heavy atom. The summed E-state index contributed by atoms with van der Waals surface area (Å²) in [5.41, 5.74) is 1.15. The van der Waals surface area contributed by atoms with Crippen molar-refractivity contribution in [1.29, 1.82) is 0 Å². The average molecular weight is 439 g/mol. The fraction of sp³-hybridized carbons (Fsp3) is 0.350. The third-order valence-electron chi connectivity index (χ3n) is 4.80. The second-order valence-electron chi connectivity index (χ2n) is 6.55. The highest BCUT2D eigenvalue weighted by Crippen LogP contribution is 2.28. The molecule has 0 aromatic heterocycles. The Labute approximate surface area is 175 Å². The molecule has 1 unspecified atom stereocenters. The van der Waals surface area contributed by atoms with E-state index in [0.717, 1.165) is 5.56 Å². The van der Waals surface area contributed by atoms with Crippen LogP contribution in [0.4, 0.5) is 0 Å². The summed E-state index contributed by atoms with van der Waals surface area (Å²) in [4.78, 5) is 13.8. The van der Waals surface area contributed by atoms with Crippen molar-refractivity contribution in [3.8, 4) is 0 Å². The van der Waals surface area contributed by atoms with Gasteiger partial charge in [0, 0.05) is 30.7 Å². The Morgan fingerprint density at radius 2 is 1.83 bits per heavy atom. The minimum absolute atomic E-state index is 0.0741. The quantitative estimate of drug-likeness (QED) is 0.668. The Morgan fingerprint density at radius 1 is 1.17 bits per heavy atom. The van der Waals surface area contributed by atoms with Crippen LogP contribution in [0.25, 0.3) is 0 Å². The largest absolute Gasteiger partial charge is 0.465 e. The Bertz CT molecular complexity index is 944. The Kier molecular flexibility index (Phi) is 7.26. The van der Waals surface area contributed by atoms with Crippen LogP contribution in [0.15, 0.2) is 53.4 Å². The molecule has 1 fully saturated rings. The molecule has 0 saturated carbocycles. The standard InChI is InChI=1S/C20H23ClN2O5S/c1-27-20(24)15-6-8-16(9-7-15)29(25,26)22-14-19(23-10-12-28-13-11-23)17-4-2-3-5-18(17)21/h2-9,19,22H,10-14H2,1H3. The first-order valence-corrected chi connectivity index (χ1v) is 11.0. The van der Waals surface area contributed by atoms with Crippen molar-refractivity contribution in [3.05, 3.63) is 64.7 Å². The molecule has 1 heterocycles. The molecule has 3 rings (SSSR count). The zero-order valence-corrected chi connectivity index (χ0v) is 17.6. The van der Waals surface area contributed by atoms with Crippen LogP contribution in [0.5, 0.6) is 0 Å². The highest BCUT2D eigenvalue weighted by Gasteiger charge is 2.26. The lowest BCUT2D eigenvalue weighted by molar-refractivity contribution is 0.0172. The number of halogens is 1. The number of morpholine rings is 1. The molecular weight excluding hydrogens is 416 g/mol. The summed E-state index contributed by atoms with van der Waals surface area (Å²) >= 11 is 6.39. The molecule has 1 aliphatic rings. The number of ether oxygens (including phenoxy) is 2. The third-order valence-corrected chi connectivity index (χ3v) is 6.59. The van der Waals surface area contributed by atoms with Crippen molar-refractivity contribution in [2.75, 3.05) is 40.0 Å². The van der Waals surface area contributed by atoms with Crippen LogP contribution >= 0.6 is 11.6 Å². The topological polar surface area (TPSA) is 84.9 Å². The second kappa shape index (κ2) is 9.69. The number of carbonyl (C=O) groups is 1. The molecule has 0 bridgehead atoms. The first-order valence-electron chi connectivity index (χ1n) is 9.16. The maximum Gasteiger partial charge on any atom is 0.337 e. The monoisotopic (exact) mass is 438 g/mol. The summed E-state index contributed by atoms with van der Waals surface area (Å²) in [6, 6.07) is 12.8. The number of benzene rings is 2. The predicted octanol–water partition coefficient (Wildman–Crippen LogP) is 2.48. The number of hydrogen-bond acceptors (Lipinski definition) is 6. The zero-order valence-electron chi connectivity index (χ0n) is 16.0. The van der Waals surface area contributed by atoms with Gasteiger partial charge in [0.1, 0.15) is 0 Å². The SMILES string of the molecule is COC(=O)c1ccc(S(=O)(=O)NCC(c2ccccc2Cl)N2CCOCC2)cc1. The van der Waals surface area contributed by atoms with Gasteiger partial charge >= 0.3 is 5.97 Å². The summed E-state index contributed by atoms with van der Waals surface area (Å²) in [5, 5.41) is 0.589. The van der Waals surface area contributed by atoms with Gasteiger partial charge in [0.2, 0.25) is 10.0 Å². The molecule has 1 atom stereocenters. The van der Waals surface area contributed by atoms with E-state index in [0.29, 0.717) is 31.3 Å². The van der Waals surface area contributed by atoms with Crippen LogP contribution in [0.3, 0.4) is 0 Å². The molecule has 7 nitrogen and oxygen atoms in total. The van der Waals surface area contributed by atoms with E-state index in [2.05, 4.69) is 14.4 Å². The van der Waals surface area contributed by atoms with E-state index in [1.54, 1.807) is 6.07 Å². The van der Waals surface area contributed by atoms with Crippen LogP contribution < -0.4 is 4.72 Å². The first-order chi connectivity index (χ1) is 13.9.